The lowest BCUT2D eigenvalue weighted by Gasteiger charge is -2.32. The Bertz CT molecular complexity index is 922. The summed E-state index contributed by atoms with van der Waals surface area (Å²) in [5.74, 6) is 0.262. The van der Waals surface area contributed by atoms with Crippen molar-refractivity contribution in [3.05, 3.63) is 27.3 Å². The highest BCUT2D eigenvalue weighted by atomic mass is 32.1. The third kappa shape index (κ3) is 3.62. The summed E-state index contributed by atoms with van der Waals surface area (Å²) in [4.78, 5) is 19.7. The van der Waals surface area contributed by atoms with Crippen molar-refractivity contribution in [2.75, 3.05) is 11.9 Å². The van der Waals surface area contributed by atoms with E-state index in [1.54, 1.807) is 17.9 Å². The number of thiazole rings is 1. The number of hydrogen-bond donors (Lipinski definition) is 1. The van der Waals surface area contributed by atoms with Crippen molar-refractivity contribution in [2.45, 2.75) is 70.8 Å². The molecule has 1 saturated heterocycles. The smallest absolute Gasteiger partial charge is 0.367 e. The Morgan fingerprint density at radius 1 is 1.38 bits per heavy atom. The minimum absolute atomic E-state index is 0.0409. The van der Waals surface area contributed by atoms with E-state index >= 15 is 0 Å². The molecule has 1 unspecified atom stereocenters. The second kappa shape index (κ2) is 7.30. The molecule has 1 amide bonds. The Morgan fingerprint density at radius 2 is 2.14 bits per heavy atom. The maximum absolute atomic E-state index is 13.6. The largest absolute Gasteiger partial charge is 0.410 e. The first-order valence-electron chi connectivity index (χ1n) is 9.86. The summed E-state index contributed by atoms with van der Waals surface area (Å²) in [5.41, 5.74) is 1.21. The Labute approximate surface area is 171 Å². The van der Waals surface area contributed by atoms with E-state index in [1.165, 1.54) is 11.3 Å². The second-order valence-corrected chi connectivity index (χ2v) is 8.95. The number of amides is 1. The molecule has 6 nitrogen and oxygen atoms in total. The van der Waals surface area contributed by atoms with E-state index in [0.717, 1.165) is 16.1 Å². The van der Waals surface area contributed by atoms with Gasteiger partial charge in [-0.1, -0.05) is 6.92 Å². The molecule has 0 aliphatic carbocycles. The quantitative estimate of drug-likeness (QED) is 0.776. The SMILES string of the molecule is CC[C@@H]1C[C@H](C(F)(F)F)n2nc(C3CCCN3C(=O)c3sc(C)nc3C)cc2N1. The van der Waals surface area contributed by atoms with Gasteiger partial charge in [-0.05, 0) is 39.5 Å². The van der Waals surface area contributed by atoms with Crippen LogP contribution in [0.1, 0.15) is 70.8 Å². The highest BCUT2D eigenvalue weighted by Crippen LogP contribution is 2.42. The first kappa shape index (κ1) is 20.2. The predicted octanol–water partition coefficient (Wildman–Crippen LogP) is 4.63. The number of alkyl halides is 3. The van der Waals surface area contributed by atoms with Crippen LogP contribution in [0.2, 0.25) is 0 Å². The Balaban J connectivity index is 1.66. The number of likely N-dealkylation sites (tertiary alicyclic amines) is 1. The fourth-order valence-electron chi connectivity index (χ4n) is 4.28. The number of nitrogens with zero attached hydrogens (tertiary/aromatic N) is 4. The summed E-state index contributed by atoms with van der Waals surface area (Å²) in [6.45, 7) is 6.09. The van der Waals surface area contributed by atoms with Gasteiger partial charge in [-0.3, -0.25) is 4.79 Å². The monoisotopic (exact) mass is 427 g/mol. The van der Waals surface area contributed by atoms with E-state index in [-0.39, 0.29) is 24.4 Å². The molecule has 0 spiro atoms. The molecular formula is C19H24F3N5OS. The van der Waals surface area contributed by atoms with E-state index in [0.29, 0.717) is 41.5 Å². The summed E-state index contributed by atoms with van der Waals surface area (Å²) < 4.78 is 42.0. The molecule has 2 aromatic rings. The molecule has 2 aromatic heterocycles. The minimum atomic E-state index is -4.37. The van der Waals surface area contributed by atoms with Crippen LogP contribution >= 0.6 is 11.3 Å². The van der Waals surface area contributed by atoms with Gasteiger partial charge in [0.1, 0.15) is 10.7 Å². The average Bonchev–Trinajstić information content (AvgIpc) is 3.36. The number of fused-ring (bicyclic) bond motifs is 1. The van der Waals surface area contributed by atoms with Crippen LogP contribution in [0.15, 0.2) is 6.07 Å². The van der Waals surface area contributed by atoms with Gasteiger partial charge in [-0.15, -0.1) is 11.3 Å². The molecule has 0 saturated carbocycles. The highest BCUT2D eigenvalue weighted by Gasteiger charge is 2.46. The van der Waals surface area contributed by atoms with Gasteiger partial charge in [0, 0.05) is 18.7 Å². The zero-order valence-corrected chi connectivity index (χ0v) is 17.4. The van der Waals surface area contributed by atoms with Crippen LogP contribution in [-0.4, -0.2) is 44.3 Å². The summed E-state index contributed by atoms with van der Waals surface area (Å²) in [6.07, 6.45) is -2.32. The van der Waals surface area contributed by atoms with Crippen molar-refractivity contribution in [3.8, 4) is 0 Å². The van der Waals surface area contributed by atoms with E-state index in [4.69, 9.17) is 0 Å². The number of hydrogen-bond acceptors (Lipinski definition) is 5. The number of aryl methyl sites for hydroxylation is 2. The molecule has 4 heterocycles. The lowest BCUT2D eigenvalue weighted by atomic mass is 10.0. The van der Waals surface area contributed by atoms with Crippen LogP contribution in [0.4, 0.5) is 19.0 Å². The number of aromatic nitrogens is 3. The molecule has 1 N–H and O–H groups in total. The Morgan fingerprint density at radius 3 is 2.76 bits per heavy atom. The third-order valence-corrected chi connectivity index (χ3v) is 6.79. The van der Waals surface area contributed by atoms with Crippen LogP contribution in [0, 0.1) is 13.8 Å². The van der Waals surface area contributed by atoms with Gasteiger partial charge in [0.15, 0.2) is 6.04 Å². The predicted molar refractivity (Wildman–Crippen MR) is 104 cm³/mol. The van der Waals surface area contributed by atoms with Crippen molar-refractivity contribution < 1.29 is 18.0 Å². The van der Waals surface area contributed by atoms with Gasteiger partial charge < -0.3 is 10.2 Å². The number of carbonyl (C=O) groups excluding carboxylic acids is 1. The number of rotatable bonds is 3. The molecule has 0 aromatic carbocycles. The summed E-state index contributed by atoms with van der Waals surface area (Å²) in [6, 6.07) is -0.530. The number of anilines is 1. The molecule has 10 heteroatoms. The maximum Gasteiger partial charge on any atom is 0.410 e. The van der Waals surface area contributed by atoms with E-state index in [9.17, 15) is 18.0 Å². The fraction of sp³-hybridized carbons (Fsp3) is 0.632. The van der Waals surface area contributed by atoms with Crippen LogP contribution in [0.25, 0.3) is 0 Å². The van der Waals surface area contributed by atoms with Crippen molar-refractivity contribution in [1.82, 2.24) is 19.7 Å². The van der Waals surface area contributed by atoms with Crippen LogP contribution in [0.3, 0.4) is 0 Å². The summed E-state index contributed by atoms with van der Waals surface area (Å²) >= 11 is 1.35. The molecular weight excluding hydrogens is 403 g/mol. The number of halogens is 3. The van der Waals surface area contributed by atoms with Crippen molar-refractivity contribution in [1.29, 1.82) is 0 Å². The van der Waals surface area contributed by atoms with Gasteiger partial charge in [0.2, 0.25) is 0 Å². The van der Waals surface area contributed by atoms with Crippen molar-refractivity contribution >= 4 is 23.1 Å². The molecule has 0 bridgehead atoms. The van der Waals surface area contributed by atoms with E-state index in [1.807, 2.05) is 13.8 Å². The topological polar surface area (TPSA) is 63.1 Å². The van der Waals surface area contributed by atoms with Gasteiger partial charge in [0.25, 0.3) is 5.91 Å². The first-order chi connectivity index (χ1) is 13.7. The molecule has 2 aliphatic heterocycles. The molecule has 4 rings (SSSR count). The van der Waals surface area contributed by atoms with Gasteiger partial charge >= 0.3 is 6.18 Å². The minimum Gasteiger partial charge on any atom is -0.367 e. The summed E-state index contributed by atoms with van der Waals surface area (Å²) in [7, 11) is 0. The lowest BCUT2D eigenvalue weighted by Crippen LogP contribution is -2.39. The van der Waals surface area contributed by atoms with Gasteiger partial charge in [-0.25, -0.2) is 9.67 Å². The number of carbonyl (C=O) groups is 1. The third-order valence-electron chi connectivity index (χ3n) is 5.73. The standard InChI is InChI=1S/C19H24F3N5OS/c1-4-12-8-15(19(20,21)22)27-16(24-12)9-13(25-27)14-6-5-7-26(14)18(28)17-10(2)23-11(3)29-17/h9,12,14-15,24H,4-8H2,1-3H3/t12-,14?,15-/m1/s1. The lowest BCUT2D eigenvalue weighted by molar-refractivity contribution is -0.173. The zero-order valence-electron chi connectivity index (χ0n) is 16.6. The van der Waals surface area contributed by atoms with Gasteiger partial charge in [0.05, 0.1) is 22.4 Å². The molecule has 2 aliphatic rings. The van der Waals surface area contributed by atoms with Crippen molar-refractivity contribution in [2.24, 2.45) is 0 Å². The maximum atomic E-state index is 13.6. The molecule has 1 fully saturated rings. The average molecular weight is 427 g/mol. The van der Waals surface area contributed by atoms with Crippen LogP contribution in [-0.2, 0) is 0 Å². The molecule has 158 valence electrons. The number of nitrogens with one attached hydrogen (secondary N) is 1. The normalized spacial score (nSPS) is 24.5. The fourth-order valence-corrected chi connectivity index (χ4v) is 5.15. The zero-order chi connectivity index (χ0) is 20.9. The Hall–Kier alpha value is -2.10. The van der Waals surface area contributed by atoms with Crippen LogP contribution < -0.4 is 5.32 Å². The van der Waals surface area contributed by atoms with E-state index in [2.05, 4.69) is 15.4 Å². The Kier molecular flexibility index (Phi) is 5.08. The molecule has 3 atom stereocenters. The molecule has 29 heavy (non-hydrogen) atoms. The second-order valence-electron chi connectivity index (χ2n) is 7.75. The van der Waals surface area contributed by atoms with Crippen molar-refractivity contribution in [3.63, 3.8) is 0 Å². The highest BCUT2D eigenvalue weighted by molar-refractivity contribution is 7.13. The summed E-state index contributed by atoms with van der Waals surface area (Å²) in [5, 5.41) is 8.32. The first-order valence-corrected chi connectivity index (χ1v) is 10.7. The van der Waals surface area contributed by atoms with Crippen LogP contribution in [0.5, 0.6) is 0 Å². The van der Waals surface area contributed by atoms with Gasteiger partial charge in [-0.2, -0.15) is 18.3 Å². The van der Waals surface area contributed by atoms with E-state index < -0.39 is 12.2 Å². The molecule has 0 radical (unpaired) electrons.